The van der Waals surface area contributed by atoms with Crippen LogP contribution in [0.1, 0.15) is 26.5 Å². The van der Waals surface area contributed by atoms with Gasteiger partial charge in [0.15, 0.2) is 11.6 Å². The number of benzene rings is 3. The minimum Gasteiger partial charge on any atom is -0.378 e. The molecule has 1 fully saturated rings. The number of nitrogens with one attached hydrogen (secondary N) is 4. The highest BCUT2D eigenvalue weighted by Crippen LogP contribution is 2.32. The number of nitrogens with zero attached hydrogens (tertiary/aromatic N) is 4. The Morgan fingerprint density at radius 2 is 1.74 bits per heavy atom. The number of fused-ring (bicyclic) bond motifs is 2. The number of aromatic amines is 2. The van der Waals surface area contributed by atoms with Gasteiger partial charge in [-0.15, -0.1) is 0 Å². The van der Waals surface area contributed by atoms with Crippen LogP contribution in [-0.4, -0.2) is 67.9 Å². The van der Waals surface area contributed by atoms with Crippen molar-refractivity contribution < 1.29 is 14.3 Å². The van der Waals surface area contributed by atoms with E-state index in [2.05, 4.69) is 30.6 Å². The highest BCUT2D eigenvalue weighted by Gasteiger charge is 2.19. The summed E-state index contributed by atoms with van der Waals surface area (Å²) in [6.45, 7) is 4.25. The number of hydrogen-bond acceptors (Lipinski definition) is 7. The van der Waals surface area contributed by atoms with Crippen molar-refractivity contribution in [2.24, 2.45) is 0 Å². The monoisotopic (exact) mass is 572 g/mol. The lowest BCUT2D eigenvalue weighted by Crippen LogP contribution is -2.40. The number of ether oxygens (including phenoxy) is 1. The molecule has 0 atom stereocenters. The molecule has 7 rings (SSSR count). The number of rotatable bonds is 6. The second-order valence-electron chi connectivity index (χ2n) is 10.3. The Morgan fingerprint density at radius 3 is 2.56 bits per heavy atom. The molecule has 4 N–H and O–H groups in total. The van der Waals surface area contributed by atoms with Crippen LogP contribution in [0.5, 0.6) is 0 Å². The fourth-order valence-electron chi connectivity index (χ4n) is 5.24. The molecule has 0 aliphatic carbocycles. The number of aromatic nitrogens is 5. The minimum absolute atomic E-state index is 0.00701. The van der Waals surface area contributed by atoms with Gasteiger partial charge in [-0.25, -0.2) is 15.0 Å². The second kappa shape index (κ2) is 11.0. The van der Waals surface area contributed by atoms with Gasteiger partial charge in [0.05, 0.1) is 41.8 Å². The van der Waals surface area contributed by atoms with Gasteiger partial charge in [-0.1, -0.05) is 24.3 Å². The van der Waals surface area contributed by atoms with Crippen LogP contribution in [0.2, 0.25) is 0 Å². The molecule has 11 nitrogen and oxygen atoms in total. The number of carbonyl (C=O) groups excluding carboxylic acids is 2. The lowest BCUT2D eigenvalue weighted by Gasteiger charge is -2.26. The van der Waals surface area contributed by atoms with E-state index in [1.165, 1.54) is 0 Å². The summed E-state index contributed by atoms with van der Waals surface area (Å²) in [7, 11) is 0. The molecule has 2 amide bonds. The molecule has 1 saturated heterocycles. The Balaban J connectivity index is 1.15. The van der Waals surface area contributed by atoms with Crippen LogP contribution >= 0.6 is 0 Å². The first kappa shape index (κ1) is 26.4. The van der Waals surface area contributed by atoms with Crippen molar-refractivity contribution in [3.63, 3.8) is 0 Å². The van der Waals surface area contributed by atoms with E-state index in [9.17, 15) is 9.59 Å². The normalized spacial score (nSPS) is 13.4. The number of carbonyl (C=O) groups is 2. The SMILES string of the molecule is Cc1c(NC(=O)c2nc3ccccc3[nH]2)cccc1-c1cc2[nH]cnc2c(Nc2ccc(C(=O)N3CCOCC3)cc2)n1. The summed E-state index contributed by atoms with van der Waals surface area (Å²) in [5.74, 6) is 0.475. The van der Waals surface area contributed by atoms with E-state index in [1.807, 2.05) is 79.7 Å². The number of pyridine rings is 1. The number of H-pyrrole nitrogens is 2. The van der Waals surface area contributed by atoms with Crippen LogP contribution in [0, 0.1) is 6.92 Å². The van der Waals surface area contributed by atoms with Gasteiger partial charge in [0.1, 0.15) is 5.52 Å². The smallest absolute Gasteiger partial charge is 0.291 e. The second-order valence-corrected chi connectivity index (χ2v) is 10.3. The van der Waals surface area contributed by atoms with E-state index in [0.29, 0.717) is 54.6 Å². The molecule has 3 aromatic heterocycles. The summed E-state index contributed by atoms with van der Waals surface area (Å²) < 4.78 is 5.36. The number of para-hydroxylation sites is 2. The number of morpholine rings is 1. The minimum atomic E-state index is -0.327. The zero-order valence-electron chi connectivity index (χ0n) is 23.3. The van der Waals surface area contributed by atoms with Crippen LogP contribution in [0.15, 0.2) is 79.1 Å². The first-order valence-electron chi connectivity index (χ1n) is 14.0. The average Bonchev–Trinajstić information content (AvgIpc) is 3.70. The first-order chi connectivity index (χ1) is 21.0. The maximum atomic E-state index is 13.1. The van der Waals surface area contributed by atoms with Gasteiger partial charge in [-0.3, -0.25) is 9.59 Å². The lowest BCUT2D eigenvalue weighted by molar-refractivity contribution is 0.0303. The van der Waals surface area contributed by atoms with Gasteiger partial charge in [-0.05, 0) is 61.0 Å². The van der Waals surface area contributed by atoms with Gasteiger partial charge in [-0.2, -0.15) is 0 Å². The summed E-state index contributed by atoms with van der Waals surface area (Å²) in [5, 5.41) is 6.36. The quantitative estimate of drug-likeness (QED) is 0.213. The maximum absolute atomic E-state index is 13.1. The summed E-state index contributed by atoms with van der Waals surface area (Å²) in [6.07, 6.45) is 1.63. The first-order valence-corrected chi connectivity index (χ1v) is 14.0. The number of hydrogen-bond donors (Lipinski definition) is 4. The van der Waals surface area contributed by atoms with Crippen LogP contribution in [0.3, 0.4) is 0 Å². The standard InChI is InChI=1S/C32H28N8O3/c1-19-22(5-4-8-23(19)39-31(41)30-36-24-6-2-3-7-25(24)37-30)26-17-27-28(34-18-33-27)29(38-26)35-21-11-9-20(10-12-21)32(42)40-13-15-43-16-14-40/h2-12,17-18H,13-16H2,1H3,(H,33,34)(H,35,38)(H,36,37)(H,39,41). The van der Waals surface area contributed by atoms with Crippen molar-refractivity contribution in [3.8, 4) is 11.3 Å². The molecule has 3 aromatic carbocycles. The lowest BCUT2D eigenvalue weighted by atomic mass is 10.0. The molecule has 6 aromatic rings. The van der Waals surface area contributed by atoms with E-state index >= 15 is 0 Å². The third-order valence-corrected chi connectivity index (χ3v) is 7.56. The maximum Gasteiger partial charge on any atom is 0.291 e. The van der Waals surface area contributed by atoms with Crippen molar-refractivity contribution >= 4 is 51.1 Å². The van der Waals surface area contributed by atoms with Crippen molar-refractivity contribution in [1.29, 1.82) is 0 Å². The number of imidazole rings is 2. The number of amides is 2. The van der Waals surface area contributed by atoms with E-state index < -0.39 is 0 Å². The van der Waals surface area contributed by atoms with E-state index in [4.69, 9.17) is 9.72 Å². The predicted octanol–water partition coefficient (Wildman–Crippen LogP) is 5.28. The average molecular weight is 573 g/mol. The largest absolute Gasteiger partial charge is 0.378 e. The Hall–Kier alpha value is -5.55. The Morgan fingerprint density at radius 1 is 0.930 bits per heavy atom. The highest BCUT2D eigenvalue weighted by molar-refractivity contribution is 6.04. The van der Waals surface area contributed by atoms with Gasteiger partial charge in [0, 0.05) is 35.6 Å². The Labute approximate surface area is 246 Å². The summed E-state index contributed by atoms with van der Waals surface area (Å²) >= 11 is 0. The fraction of sp³-hybridized carbons (Fsp3) is 0.156. The number of anilines is 3. The molecule has 214 valence electrons. The summed E-state index contributed by atoms with van der Waals surface area (Å²) in [5.41, 5.74) is 7.49. The third-order valence-electron chi connectivity index (χ3n) is 7.56. The molecule has 0 saturated carbocycles. The Kier molecular flexibility index (Phi) is 6.76. The van der Waals surface area contributed by atoms with Crippen molar-refractivity contribution in [3.05, 3.63) is 96.1 Å². The van der Waals surface area contributed by atoms with E-state index in [0.717, 1.165) is 33.4 Å². The van der Waals surface area contributed by atoms with Crippen LogP contribution in [0.4, 0.5) is 17.2 Å². The van der Waals surface area contributed by atoms with Crippen LogP contribution in [-0.2, 0) is 4.74 Å². The molecule has 0 spiro atoms. The molecular weight excluding hydrogens is 544 g/mol. The highest BCUT2D eigenvalue weighted by atomic mass is 16.5. The van der Waals surface area contributed by atoms with Crippen LogP contribution in [0.25, 0.3) is 33.3 Å². The van der Waals surface area contributed by atoms with Crippen molar-refractivity contribution in [1.82, 2.24) is 29.8 Å². The summed E-state index contributed by atoms with van der Waals surface area (Å²) in [6, 6.07) is 22.5. The topological polar surface area (TPSA) is 141 Å². The summed E-state index contributed by atoms with van der Waals surface area (Å²) in [4.78, 5) is 47.8. The molecule has 1 aliphatic heterocycles. The van der Waals surface area contributed by atoms with Gasteiger partial charge < -0.3 is 30.2 Å². The van der Waals surface area contributed by atoms with Gasteiger partial charge >= 0.3 is 0 Å². The predicted molar refractivity (Wildman–Crippen MR) is 165 cm³/mol. The molecule has 0 unspecified atom stereocenters. The zero-order chi connectivity index (χ0) is 29.3. The van der Waals surface area contributed by atoms with E-state index in [-0.39, 0.29) is 17.6 Å². The van der Waals surface area contributed by atoms with E-state index in [1.54, 1.807) is 11.2 Å². The Bertz CT molecular complexity index is 1940. The van der Waals surface area contributed by atoms with Crippen molar-refractivity contribution in [2.75, 3.05) is 36.9 Å². The molecule has 4 heterocycles. The molecule has 11 heteroatoms. The molecular formula is C32H28N8O3. The molecule has 1 aliphatic rings. The fourth-order valence-corrected chi connectivity index (χ4v) is 5.24. The third kappa shape index (κ3) is 5.17. The van der Waals surface area contributed by atoms with Gasteiger partial charge in [0.25, 0.3) is 11.8 Å². The van der Waals surface area contributed by atoms with Gasteiger partial charge in [0.2, 0.25) is 0 Å². The zero-order valence-corrected chi connectivity index (χ0v) is 23.3. The van der Waals surface area contributed by atoms with Crippen LogP contribution < -0.4 is 10.6 Å². The molecule has 43 heavy (non-hydrogen) atoms. The van der Waals surface area contributed by atoms with Crippen molar-refractivity contribution in [2.45, 2.75) is 6.92 Å². The molecule has 0 radical (unpaired) electrons. The molecule has 0 bridgehead atoms.